The van der Waals surface area contributed by atoms with Crippen LogP contribution in [0.5, 0.6) is 0 Å². The number of anilines is 1. The topological polar surface area (TPSA) is 66.5 Å². The number of nitrogens with one attached hydrogen (secondary N) is 1. The Bertz CT molecular complexity index is 822. The number of rotatable bonds is 4. The summed E-state index contributed by atoms with van der Waals surface area (Å²) in [7, 11) is 0. The van der Waals surface area contributed by atoms with E-state index in [2.05, 4.69) is 17.5 Å². The van der Waals surface area contributed by atoms with Gasteiger partial charge in [-0.15, -0.1) is 0 Å². The van der Waals surface area contributed by atoms with Crippen LogP contribution in [0.25, 0.3) is 0 Å². The molecule has 5 rings (SSSR count). The number of carbonyl (C=O) groups excluding carboxylic acids is 3. The predicted molar refractivity (Wildman–Crippen MR) is 103 cm³/mol. The Kier molecular flexibility index (Phi) is 4.77. The van der Waals surface area contributed by atoms with Gasteiger partial charge in [-0.2, -0.15) is 0 Å². The van der Waals surface area contributed by atoms with Crippen LogP contribution in [0.4, 0.5) is 5.69 Å². The van der Waals surface area contributed by atoms with Gasteiger partial charge in [-0.1, -0.05) is 42.3 Å². The summed E-state index contributed by atoms with van der Waals surface area (Å²) in [5.74, 6) is -1.27. The number of nitrogens with zero attached hydrogens (tertiary/aromatic N) is 1. The first-order chi connectivity index (χ1) is 12.9. The Hall–Kier alpha value is -1.85. The Morgan fingerprint density at radius 3 is 2.22 bits per heavy atom. The van der Waals surface area contributed by atoms with E-state index < -0.39 is 11.9 Å². The number of imide groups is 1. The molecule has 3 aliphatic carbocycles. The van der Waals surface area contributed by atoms with E-state index in [1.165, 1.54) is 11.0 Å². The maximum atomic E-state index is 13.1. The molecule has 2 fully saturated rings. The van der Waals surface area contributed by atoms with Crippen molar-refractivity contribution in [3.05, 3.63) is 40.4 Å². The molecule has 2 bridgehead atoms. The standard InChI is InChI=1S/C20H20Cl2N2O3/c1-2-15(18(25)23-14-8-7-12(21)9-13(14)22)24-19(26)16-10-3-4-11(6-5-10)17(16)20(24)27/h3-4,7-11,15-17H,2,5-6H2,1H3,(H,23,25)/t10-,11-,15+,16-,17-/m0/s1. The van der Waals surface area contributed by atoms with Crippen LogP contribution in [0.15, 0.2) is 30.4 Å². The lowest BCUT2D eigenvalue weighted by Gasteiger charge is -2.38. The van der Waals surface area contributed by atoms with Crippen molar-refractivity contribution in [2.24, 2.45) is 23.7 Å². The van der Waals surface area contributed by atoms with Gasteiger partial charge in [0.2, 0.25) is 17.7 Å². The van der Waals surface area contributed by atoms with Crippen LogP contribution in [0.3, 0.4) is 0 Å². The molecule has 0 radical (unpaired) electrons. The molecule has 1 saturated carbocycles. The summed E-state index contributed by atoms with van der Waals surface area (Å²) in [5, 5.41) is 3.50. The molecule has 1 aliphatic heterocycles. The van der Waals surface area contributed by atoms with E-state index >= 15 is 0 Å². The molecule has 1 saturated heterocycles. The molecule has 5 nitrogen and oxygen atoms in total. The number of allylic oxidation sites excluding steroid dienone is 2. The number of amides is 3. The first kappa shape index (κ1) is 18.5. The predicted octanol–water partition coefficient (Wildman–Crippen LogP) is 3.91. The lowest BCUT2D eigenvalue weighted by molar-refractivity contribution is -0.146. The van der Waals surface area contributed by atoms with Gasteiger partial charge < -0.3 is 5.32 Å². The van der Waals surface area contributed by atoms with E-state index in [-0.39, 0.29) is 35.5 Å². The minimum atomic E-state index is -0.846. The van der Waals surface area contributed by atoms with Crippen LogP contribution >= 0.6 is 23.2 Å². The zero-order valence-electron chi connectivity index (χ0n) is 14.8. The van der Waals surface area contributed by atoms with Crippen LogP contribution in [0.1, 0.15) is 26.2 Å². The van der Waals surface area contributed by atoms with Crippen molar-refractivity contribution >= 4 is 46.6 Å². The van der Waals surface area contributed by atoms with Crippen molar-refractivity contribution in [1.29, 1.82) is 0 Å². The van der Waals surface area contributed by atoms with Gasteiger partial charge in [-0.05, 0) is 49.3 Å². The van der Waals surface area contributed by atoms with Crippen molar-refractivity contribution in [1.82, 2.24) is 4.90 Å². The summed E-state index contributed by atoms with van der Waals surface area (Å²) in [6.45, 7) is 1.79. The second-order valence-corrected chi connectivity index (χ2v) is 8.27. The second kappa shape index (κ2) is 6.95. The highest BCUT2D eigenvalue weighted by Gasteiger charge is 2.58. The lowest BCUT2D eigenvalue weighted by atomic mass is 9.63. The molecule has 1 heterocycles. The third-order valence-electron chi connectivity index (χ3n) is 5.98. The average Bonchev–Trinajstić information content (AvgIpc) is 2.93. The summed E-state index contributed by atoms with van der Waals surface area (Å²) < 4.78 is 0. The molecule has 27 heavy (non-hydrogen) atoms. The van der Waals surface area contributed by atoms with Crippen molar-refractivity contribution in [3.63, 3.8) is 0 Å². The molecule has 4 aliphatic rings. The average molecular weight is 407 g/mol. The number of hydrogen-bond acceptors (Lipinski definition) is 3. The van der Waals surface area contributed by atoms with Gasteiger partial charge in [0.05, 0.1) is 22.5 Å². The summed E-state index contributed by atoms with van der Waals surface area (Å²) in [4.78, 5) is 40.2. The zero-order valence-corrected chi connectivity index (χ0v) is 16.3. The van der Waals surface area contributed by atoms with Gasteiger partial charge in [-0.25, -0.2) is 0 Å². The van der Waals surface area contributed by atoms with Gasteiger partial charge in [0.1, 0.15) is 6.04 Å². The second-order valence-electron chi connectivity index (χ2n) is 7.43. The smallest absolute Gasteiger partial charge is 0.247 e. The van der Waals surface area contributed by atoms with Crippen molar-refractivity contribution in [2.75, 3.05) is 5.32 Å². The lowest BCUT2D eigenvalue weighted by Crippen LogP contribution is -2.47. The van der Waals surface area contributed by atoms with E-state index in [1.807, 2.05) is 0 Å². The van der Waals surface area contributed by atoms with E-state index in [9.17, 15) is 14.4 Å². The molecule has 1 aromatic rings. The summed E-state index contributed by atoms with van der Waals surface area (Å²) in [6.07, 6.45) is 6.34. The third kappa shape index (κ3) is 2.97. The molecule has 3 amide bonds. The SMILES string of the molecule is CC[C@H](C(=O)Nc1ccc(Cl)cc1Cl)N1C(=O)[C@@H]2[C@@H](C1=O)[C@H]1C=C[C@H]2CC1. The highest BCUT2D eigenvalue weighted by atomic mass is 35.5. The molecule has 1 N–H and O–H groups in total. The van der Waals surface area contributed by atoms with Crippen LogP contribution in [0.2, 0.25) is 10.0 Å². The fourth-order valence-electron chi connectivity index (χ4n) is 4.70. The summed E-state index contributed by atoms with van der Waals surface area (Å²) in [5.41, 5.74) is 0.405. The minimum absolute atomic E-state index is 0.104. The third-order valence-corrected chi connectivity index (χ3v) is 6.53. The number of benzene rings is 1. The summed E-state index contributed by atoms with van der Waals surface area (Å²) in [6, 6.07) is 3.91. The molecular weight excluding hydrogens is 387 g/mol. The quantitative estimate of drug-likeness (QED) is 0.608. The van der Waals surface area contributed by atoms with Gasteiger partial charge >= 0.3 is 0 Å². The van der Waals surface area contributed by atoms with Gasteiger partial charge in [0, 0.05) is 5.02 Å². The fourth-order valence-corrected chi connectivity index (χ4v) is 5.15. The Balaban J connectivity index is 1.58. The highest BCUT2D eigenvalue weighted by Crippen LogP contribution is 2.50. The Morgan fingerprint density at radius 1 is 1.15 bits per heavy atom. The molecule has 1 aromatic carbocycles. The number of halogens is 2. The first-order valence-corrected chi connectivity index (χ1v) is 9.99. The van der Waals surface area contributed by atoms with Crippen LogP contribution < -0.4 is 5.32 Å². The number of fused-ring (bicyclic) bond motifs is 1. The van der Waals surface area contributed by atoms with Gasteiger partial charge in [0.25, 0.3) is 0 Å². The number of hydrogen-bond donors (Lipinski definition) is 1. The van der Waals surface area contributed by atoms with E-state index in [1.54, 1.807) is 19.1 Å². The van der Waals surface area contributed by atoms with Gasteiger partial charge in [0.15, 0.2) is 0 Å². The normalized spacial score (nSPS) is 29.8. The molecular formula is C20H20Cl2N2O3. The Labute approximate surface area is 167 Å². The molecule has 0 unspecified atom stereocenters. The van der Waals surface area contributed by atoms with Crippen LogP contribution in [-0.2, 0) is 14.4 Å². The molecule has 7 heteroatoms. The zero-order chi connectivity index (χ0) is 19.3. The molecule has 0 spiro atoms. The summed E-state index contributed by atoms with van der Waals surface area (Å²) >= 11 is 12.0. The first-order valence-electron chi connectivity index (χ1n) is 9.23. The van der Waals surface area contributed by atoms with Crippen molar-refractivity contribution in [3.8, 4) is 0 Å². The van der Waals surface area contributed by atoms with Crippen LogP contribution in [-0.4, -0.2) is 28.7 Å². The maximum Gasteiger partial charge on any atom is 0.247 e. The number of likely N-dealkylation sites (tertiary alicyclic amines) is 1. The fraction of sp³-hybridized carbons (Fsp3) is 0.450. The largest absolute Gasteiger partial charge is 0.323 e. The minimum Gasteiger partial charge on any atom is -0.323 e. The van der Waals surface area contributed by atoms with Gasteiger partial charge in [-0.3, -0.25) is 19.3 Å². The molecule has 142 valence electrons. The van der Waals surface area contributed by atoms with Crippen molar-refractivity contribution < 1.29 is 14.4 Å². The maximum absolute atomic E-state index is 13.1. The Morgan fingerprint density at radius 2 is 1.74 bits per heavy atom. The number of carbonyl (C=O) groups is 3. The molecule has 0 aromatic heterocycles. The van der Waals surface area contributed by atoms with Crippen molar-refractivity contribution in [2.45, 2.75) is 32.2 Å². The van der Waals surface area contributed by atoms with E-state index in [0.717, 1.165) is 12.8 Å². The van der Waals surface area contributed by atoms with E-state index in [0.29, 0.717) is 22.2 Å². The van der Waals surface area contributed by atoms with E-state index in [4.69, 9.17) is 23.2 Å². The molecule has 5 atom stereocenters. The highest BCUT2D eigenvalue weighted by molar-refractivity contribution is 6.36. The van der Waals surface area contributed by atoms with Crippen LogP contribution in [0, 0.1) is 23.7 Å². The monoisotopic (exact) mass is 406 g/mol.